The lowest BCUT2D eigenvalue weighted by molar-refractivity contribution is 0.588. The summed E-state index contributed by atoms with van der Waals surface area (Å²) in [6.45, 7) is 16.0. The van der Waals surface area contributed by atoms with E-state index < -0.39 is 7.14 Å². The summed E-state index contributed by atoms with van der Waals surface area (Å²) in [7, 11) is -2.80. The summed E-state index contributed by atoms with van der Waals surface area (Å²) in [5.74, 6) is 6.17. The van der Waals surface area contributed by atoms with Crippen molar-refractivity contribution in [3.63, 3.8) is 0 Å². The Morgan fingerprint density at radius 1 is 0.531 bits per heavy atom. The number of hydrogen-bond donors (Lipinski definition) is 3. The van der Waals surface area contributed by atoms with Crippen LogP contribution in [-0.4, -0.2) is 19.6 Å². The summed E-state index contributed by atoms with van der Waals surface area (Å²) in [6.07, 6.45) is 12.8. The second kappa shape index (κ2) is 20.5. The van der Waals surface area contributed by atoms with Crippen molar-refractivity contribution in [3.8, 4) is 0 Å². The van der Waals surface area contributed by atoms with Crippen molar-refractivity contribution in [3.05, 3.63) is 34.5 Å². The molecule has 0 aromatic rings. The van der Waals surface area contributed by atoms with Gasteiger partial charge in [0.1, 0.15) is 0 Å². The third-order valence-corrected chi connectivity index (χ3v) is 7.42. The van der Waals surface area contributed by atoms with Gasteiger partial charge in [0, 0.05) is 54.2 Å². The molecule has 188 valence electrons. The lowest BCUT2D eigenvalue weighted by Crippen LogP contribution is -2.16. The molecule has 0 amide bonds. The van der Waals surface area contributed by atoms with E-state index >= 15 is 0 Å². The lowest BCUT2D eigenvalue weighted by atomic mass is 10.2. The van der Waals surface area contributed by atoms with Gasteiger partial charge in [-0.2, -0.15) is 0 Å². The molecule has 0 fully saturated rings. The molecule has 32 heavy (non-hydrogen) atoms. The van der Waals surface area contributed by atoms with E-state index in [2.05, 4.69) is 74.9 Å². The molecule has 0 radical (unpaired) electrons. The van der Waals surface area contributed by atoms with Gasteiger partial charge in [0.15, 0.2) is 7.14 Å². The van der Waals surface area contributed by atoms with E-state index in [1.54, 1.807) is 0 Å². The maximum absolute atomic E-state index is 14.4. The Bertz CT molecular complexity index is 515. The minimum atomic E-state index is -2.80. The standard InChI is InChI=1S/C27H54N3OP/c1-7-13-19-28-25(16-10-4)22-32(31,23-26(17-11-5)29-20-14-8-2)24-27(18-12-6)30-21-15-9-3/h22-24,28-30H,7-21H2,1-6H3/b25-22+,26-23+,27-24+. The zero-order valence-electron chi connectivity index (χ0n) is 22.2. The average molecular weight is 468 g/mol. The van der Waals surface area contributed by atoms with Crippen LogP contribution in [0.25, 0.3) is 0 Å². The van der Waals surface area contributed by atoms with Gasteiger partial charge >= 0.3 is 0 Å². The molecular weight excluding hydrogens is 413 g/mol. The second-order valence-corrected chi connectivity index (χ2v) is 11.1. The highest BCUT2D eigenvalue weighted by Gasteiger charge is 2.18. The average Bonchev–Trinajstić information content (AvgIpc) is 2.74. The molecule has 0 bridgehead atoms. The molecule has 0 aliphatic carbocycles. The zero-order valence-corrected chi connectivity index (χ0v) is 23.1. The van der Waals surface area contributed by atoms with Crippen LogP contribution in [0.3, 0.4) is 0 Å². The van der Waals surface area contributed by atoms with Gasteiger partial charge in [-0.05, 0) is 38.5 Å². The van der Waals surface area contributed by atoms with Crippen molar-refractivity contribution in [2.45, 2.75) is 119 Å². The SMILES string of the molecule is CCCCN/C(=C/P(=O)(/C=C(\CCC)NCCCC)/C=C(\CCC)NCCCC)CCC. The molecule has 0 saturated carbocycles. The van der Waals surface area contributed by atoms with Gasteiger partial charge in [-0.3, -0.25) is 0 Å². The predicted molar refractivity (Wildman–Crippen MR) is 145 cm³/mol. The van der Waals surface area contributed by atoms with Crippen molar-refractivity contribution in [2.24, 2.45) is 0 Å². The first-order valence-electron chi connectivity index (χ1n) is 13.4. The van der Waals surface area contributed by atoms with E-state index in [-0.39, 0.29) is 0 Å². The maximum atomic E-state index is 14.4. The molecule has 0 saturated heterocycles. The van der Waals surface area contributed by atoms with Crippen molar-refractivity contribution in [1.82, 2.24) is 16.0 Å². The number of unbranched alkanes of at least 4 members (excludes halogenated alkanes) is 3. The fourth-order valence-corrected chi connectivity index (χ4v) is 5.87. The summed E-state index contributed by atoms with van der Waals surface area (Å²) in [5, 5.41) is 10.7. The van der Waals surface area contributed by atoms with Gasteiger partial charge in [0.25, 0.3) is 0 Å². The Morgan fingerprint density at radius 2 is 0.812 bits per heavy atom. The van der Waals surface area contributed by atoms with E-state index in [4.69, 9.17) is 0 Å². The lowest BCUT2D eigenvalue weighted by Gasteiger charge is -2.18. The monoisotopic (exact) mass is 467 g/mol. The normalized spacial score (nSPS) is 13.4. The van der Waals surface area contributed by atoms with Crippen molar-refractivity contribution >= 4 is 7.14 Å². The third-order valence-electron chi connectivity index (χ3n) is 5.28. The number of nitrogens with one attached hydrogen (secondary N) is 3. The molecule has 0 rings (SSSR count). The largest absolute Gasteiger partial charge is 0.388 e. The molecule has 0 spiro atoms. The van der Waals surface area contributed by atoms with E-state index in [9.17, 15) is 4.57 Å². The van der Waals surface area contributed by atoms with Gasteiger partial charge in [-0.1, -0.05) is 80.1 Å². The van der Waals surface area contributed by atoms with Crippen LogP contribution < -0.4 is 16.0 Å². The predicted octanol–water partition coefficient (Wildman–Crippen LogP) is 8.44. The maximum Gasteiger partial charge on any atom is 0.155 e. The van der Waals surface area contributed by atoms with Crippen LogP contribution in [0.15, 0.2) is 34.5 Å². The molecule has 3 N–H and O–H groups in total. The summed E-state index contributed by atoms with van der Waals surface area (Å²) in [5.41, 5.74) is 3.39. The Hall–Kier alpha value is -1.15. The van der Waals surface area contributed by atoms with Crippen molar-refractivity contribution in [1.29, 1.82) is 0 Å². The minimum Gasteiger partial charge on any atom is -0.388 e. The van der Waals surface area contributed by atoms with Crippen LogP contribution in [0.1, 0.15) is 119 Å². The zero-order chi connectivity index (χ0) is 24.1. The fraction of sp³-hybridized carbons (Fsp3) is 0.778. The van der Waals surface area contributed by atoms with Crippen molar-refractivity contribution in [2.75, 3.05) is 19.6 Å². The molecule has 0 aromatic heterocycles. The van der Waals surface area contributed by atoms with E-state index in [0.29, 0.717) is 0 Å². The number of rotatable bonds is 21. The highest BCUT2D eigenvalue weighted by molar-refractivity contribution is 7.73. The third kappa shape index (κ3) is 15.6. The Labute approximate surface area is 200 Å². The molecule has 5 heteroatoms. The van der Waals surface area contributed by atoms with Crippen LogP contribution >= 0.6 is 7.14 Å². The summed E-state index contributed by atoms with van der Waals surface area (Å²) in [4.78, 5) is 0. The van der Waals surface area contributed by atoms with Crippen molar-refractivity contribution < 1.29 is 4.57 Å². The van der Waals surface area contributed by atoms with Gasteiger partial charge in [-0.15, -0.1) is 0 Å². The van der Waals surface area contributed by atoms with Crippen LogP contribution in [0.5, 0.6) is 0 Å². The van der Waals surface area contributed by atoms with Crippen LogP contribution in [0.2, 0.25) is 0 Å². The summed E-state index contributed by atoms with van der Waals surface area (Å²) >= 11 is 0. The molecule has 4 nitrogen and oxygen atoms in total. The first-order chi connectivity index (χ1) is 15.5. The molecular formula is C27H54N3OP. The topological polar surface area (TPSA) is 53.2 Å². The first-order valence-corrected chi connectivity index (χ1v) is 15.4. The van der Waals surface area contributed by atoms with Crippen LogP contribution in [0, 0.1) is 0 Å². The van der Waals surface area contributed by atoms with Gasteiger partial charge in [0.05, 0.1) is 0 Å². The first kappa shape index (κ1) is 30.9. The van der Waals surface area contributed by atoms with Gasteiger partial charge in [-0.25, -0.2) is 0 Å². The highest BCUT2D eigenvalue weighted by atomic mass is 31.2. The Kier molecular flexibility index (Phi) is 19.7. The Morgan fingerprint density at radius 3 is 1.03 bits per heavy atom. The van der Waals surface area contributed by atoms with E-state index in [1.807, 2.05) is 0 Å². The quantitative estimate of drug-likeness (QED) is 0.117. The van der Waals surface area contributed by atoms with E-state index in [0.717, 1.165) is 114 Å². The smallest absolute Gasteiger partial charge is 0.155 e. The number of allylic oxidation sites excluding steroid dienone is 3. The molecule has 0 aliphatic rings. The Balaban J connectivity index is 6.16. The van der Waals surface area contributed by atoms with E-state index in [1.165, 1.54) is 0 Å². The molecule has 0 heterocycles. The number of hydrogen-bond acceptors (Lipinski definition) is 4. The van der Waals surface area contributed by atoms with Gasteiger partial charge in [0.2, 0.25) is 0 Å². The van der Waals surface area contributed by atoms with Gasteiger partial charge < -0.3 is 20.5 Å². The second-order valence-electron chi connectivity index (χ2n) is 8.82. The molecule has 0 atom stereocenters. The van der Waals surface area contributed by atoms with Crippen LogP contribution in [0.4, 0.5) is 0 Å². The summed E-state index contributed by atoms with van der Waals surface area (Å²) in [6, 6.07) is 0. The molecule has 0 unspecified atom stereocenters. The minimum absolute atomic E-state index is 0.939. The fourth-order valence-electron chi connectivity index (χ4n) is 3.52. The van der Waals surface area contributed by atoms with Crippen LogP contribution in [-0.2, 0) is 4.57 Å². The molecule has 0 aliphatic heterocycles. The summed E-state index contributed by atoms with van der Waals surface area (Å²) < 4.78 is 14.4. The molecule has 0 aromatic carbocycles. The highest BCUT2D eigenvalue weighted by Crippen LogP contribution is 2.53.